The van der Waals surface area contributed by atoms with Crippen molar-refractivity contribution in [2.45, 2.75) is 6.92 Å². The molecule has 0 bridgehead atoms. The molecule has 0 amide bonds. The van der Waals surface area contributed by atoms with Gasteiger partial charge in [0, 0.05) is 10.9 Å². The van der Waals surface area contributed by atoms with Crippen LogP contribution in [0.3, 0.4) is 0 Å². The number of carbonyl (C=O) groups excluding carboxylic acids is 1. The molecule has 0 aliphatic carbocycles. The summed E-state index contributed by atoms with van der Waals surface area (Å²) >= 11 is 0. The SMILES string of the molecule is COC(=O)c1cc(/C=C(\C)OC)co1.O=C(O)c1cc2cc(O)ccc2o1. The number of hydrogen-bond donors (Lipinski definition) is 2. The second kappa shape index (κ2) is 8.61. The first-order chi connectivity index (χ1) is 12.8. The molecular formula is C19H18O8. The second-order valence-electron chi connectivity index (χ2n) is 5.33. The molecule has 2 heterocycles. The molecule has 0 fully saturated rings. The largest absolute Gasteiger partial charge is 0.508 e. The summed E-state index contributed by atoms with van der Waals surface area (Å²) in [5.74, 6) is -0.717. The van der Waals surface area contributed by atoms with E-state index in [9.17, 15) is 9.59 Å². The number of carboxylic acid groups (broad SMARTS) is 1. The van der Waals surface area contributed by atoms with Crippen LogP contribution in [0.5, 0.6) is 5.75 Å². The minimum absolute atomic E-state index is 0.0882. The smallest absolute Gasteiger partial charge is 0.373 e. The number of carbonyl (C=O) groups is 2. The summed E-state index contributed by atoms with van der Waals surface area (Å²) < 4.78 is 19.4. The Bertz CT molecular complexity index is 977. The van der Waals surface area contributed by atoms with Gasteiger partial charge in [0.2, 0.25) is 11.5 Å². The van der Waals surface area contributed by atoms with Gasteiger partial charge in [-0.1, -0.05) is 0 Å². The van der Waals surface area contributed by atoms with Crippen LogP contribution in [-0.4, -0.2) is 36.4 Å². The van der Waals surface area contributed by atoms with Gasteiger partial charge in [-0.05, 0) is 43.3 Å². The average Bonchev–Trinajstić information content (AvgIpc) is 3.28. The molecule has 3 rings (SSSR count). The van der Waals surface area contributed by atoms with Crippen molar-refractivity contribution < 1.29 is 38.1 Å². The Morgan fingerprint density at radius 3 is 2.44 bits per heavy atom. The zero-order valence-electron chi connectivity index (χ0n) is 14.9. The predicted molar refractivity (Wildman–Crippen MR) is 95.5 cm³/mol. The van der Waals surface area contributed by atoms with Crippen LogP contribution in [-0.2, 0) is 9.47 Å². The Morgan fingerprint density at radius 1 is 1.07 bits per heavy atom. The summed E-state index contributed by atoms with van der Waals surface area (Å²) in [6.07, 6.45) is 3.23. The Morgan fingerprint density at radius 2 is 1.81 bits per heavy atom. The van der Waals surface area contributed by atoms with Crippen LogP contribution in [0.15, 0.2) is 51.2 Å². The summed E-state index contributed by atoms with van der Waals surface area (Å²) in [5.41, 5.74) is 1.22. The summed E-state index contributed by atoms with van der Waals surface area (Å²) in [5, 5.41) is 18.3. The van der Waals surface area contributed by atoms with E-state index >= 15 is 0 Å². The number of aromatic carboxylic acids is 1. The fourth-order valence-electron chi connectivity index (χ4n) is 2.06. The van der Waals surface area contributed by atoms with E-state index in [0.717, 1.165) is 11.3 Å². The zero-order valence-corrected chi connectivity index (χ0v) is 14.9. The number of hydrogen-bond acceptors (Lipinski definition) is 7. The number of esters is 1. The van der Waals surface area contributed by atoms with Gasteiger partial charge in [0.1, 0.15) is 11.3 Å². The van der Waals surface area contributed by atoms with E-state index in [-0.39, 0.29) is 17.3 Å². The van der Waals surface area contributed by atoms with Crippen molar-refractivity contribution in [2.75, 3.05) is 14.2 Å². The third-order valence-corrected chi connectivity index (χ3v) is 3.41. The maximum atomic E-state index is 11.0. The van der Waals surface area contributed by atoms with E-state index in [1.165, 1.54) is 37.6 Å². The molecule has 0 radical (unpaired) electrons. The molecule has 1 aromatic carbocycles. The fourth-order valence-corrected chi connectivity index (χ4v) is 2.06. The van der Waals surface area contributed by atoms with E-state index in [4.69, 9.17) is 23.8 Å². The van der Waals surface area contributed by atoms with Crippen LogP contribution in [0, 0.1) is 0 Å². The van der Waals surface area contributed by atoms with Crippen molar-refractivity contribution in [1.29, 1.82) is 0 Å². The number of fused-ring (bicyclic) bond motifs is 1. The summed E-state index contributed by atoms with van der Waals surface area (Å²) in [4.78, 5) is 21.5. The van der Waals surface area contributed by atoms with Crippen LogP contribution >= 0.6 is 0 Å². The molecule has 0 unspecified atom stereocenters. The topological polar surface area (TPSA) is 119 Å². The van der Waals surface area contributed by atoms with E-state index in [1.54, 1.807) is 19.3 Å². The lowest BCUT2D eigenvalue weighted by molar-refractivity contribution is 0.0564. The van der Waals surface area contributed by atoms with Gasteiger partial charge in [-0.3, -0.25) is 0 Å². The molecule has 0 atom stereocenters. The maximum absolute atomic E-state index is 11.0. The minimum Gasteiger partial charge on any atom is -0.508 e. The maximum Gasteiger partial charge on any atom is 0.373 e. The molecule has 0 aliphatic rings. The number of phenols is 1. The van der Waals surface area contributed by atoms with Gasteiger partial charge in [0.25, 0.3) is 0 Å². The zero-order chi connectivity index (χ0) is 20.0. The monoisotopic (exact) mass is 374 g/mol. The molecule has 0 saturated carbocycles. The Hall–Kier alpha value is -3.68. The van der Waals surface area contributed by atoms with Crippen LogP contribution in [0.1, 0.15) is 33.6 Å². The number of methoxy groups -OCH3 is 2. The third kappa shape index (κ3) is 5.15. The number of rotatable bonds is 4. The molecule has 2 N–H and O–H groups in total. The molecule has 0 aliphatic heterocycles. The first-order valence-electron chi connectivity index (χ1n) is 7.69. The molecule has 27 heavy (non-hydrogen) atoms. The predicted octanol–water partition coefficient (Wildman–Crippen LogP) is 3.91. The lowest BCUT2D eigenvalue weighted by atomic mass is 10.2. The number of ether oxygens (including phenoxy) is 2. The summed E-state index contributed by atoms with van der Waals surface area (Å²) in [6.45, 7) is 1.81. The van der Waals surface area contributed by atoms with Crippen LogP contribution in [0.2, 0.25) is 0 Å². The number of aromatic hydroxyl groups is 1. The van der Waals surface area contributed by atoms with Crippen LogP contribution < -0.4 is 0 Å². The third-order valence-electron chi connectivity index (χ3n) is 3.41. The molecule has 8 heteroatoms. The minimum atomic E-state index is -1.12. The molecule has 0 saturated heterocycles. The molecular weight excluding hydrogens is 356 g/mol. The van der Waals surface area contributed by atoms with Gasteiger partial charge >= 0.3 is 11.9 Å². The van der Waals surface area contributed by atoms with E-state index in [1.807, 2.05) is 6.92 Å². The van der Waals surface area contributed by atoms with Crippen molar-refractivity contribution in [2.24, 2.45) is 0 Å². The molecule has 2 aromatic heterocycles. The Kier molecular flexibility index (Phi) is 6.27. The van der Waals surface area contributed by atoms with Gasteiger partial charge in [0.05, 0.1) is 26.2 Å². The van der Waals surface area contributed by atoms with Crippen molar-refractivity contribution in [3.05, 3.63) is 59.4 Å². The standard InChI is InChI=1S/C10H12O4.C9H6O4/c1-7(12-2)4-8-5-9(14-6-8)10(11)13-3;10-6-1-2-7-5(3-6)4-8(13-7)9(11)12/h4-6H,1-3H3;1-4,10H,(H,11,12)/b7-4+;. The fraction of sp³-hybridized carbons (Fsp3) is 0.158. The highest BCUT2D eigenvalue weighted by atomic mass is 16.5. The van der Waals surface area contributed by atoms with Crippen molar-refractivity contribution >= 4 is 29.0 Å². The number of allylic oxidation sites excluding steroid dienone is 1. The van der Waals surface area contributed by atoms with Gasteiger partial charge in [0.15, 0.2) is 0 Å². The highest BCUT2D eigenvalue weighted by molar-refractivity contribution is 5.91. The highest BCUT2D eigenvalue weighted by Gasteiger charge is 2.10. The van der Waals surface area contributed by atoms with Crippen molar-refractivity contribution in [3.63, 3.8) is 0 Å². The number of furan rings is 2. The van der Waals surface area contributed by atoms with Gasteiger partial charge in [-0.15, -0.1) is 0 Å². The van der Waals surface area contributed by atoms with Crippen molar-refractivity contribution in [1.82, 2.24) is 0 Å². The number of phenolic OH excluding ortho intramolecular Hbond substituents is 1. The van der Waals surface area contributed by atoms with E-state index in [0.29, 0.717) is 11.0 Å². The first kappa shape index (κ1) is 19.6. The van der Waals surface area contributed by atoms with Crippen LogP contribution in [0.4, 0.5) is 0 Å². The van der Waals surface area contributed by atoms with Gasteiger partial charge < -0.3 is 28.5 Å². The van der Waals surface area contributed by atoms with Crippen molar-refractivity contribution in [3.8, 4) is 5.75 Å². The molecule has 3 aromatic rings. The number of benzene rings is 1. The molecule has 0 spiro atoms. The highest BCUT2D eigenvalue weighted by Crippen LogP contribution is 2.23. The van der Waals surface area contributed by atoms with Crippen LogP contribution in [0.25, 0.3) is 17.0 Å². The second-order valence-corrected chi connectivity index (χ2v) is 5.33. The van der Waals surface area contributed by atoms with Gasteiger partial charge in [-0.2, -0.15) is 0 Å². The number of carboxylic acids is 1. The average molecular weight is 374 g/mol. The summed E-state index contributed by atoms with van der Waals surface area (Å²) in [6, 6.07) is 7.38. The lowest BCUT2D eigenvalue weighted by Crippen LogP contribution is -1.98. The van der Waals surface area contributed by atoms with E-state index in [2.05, 4.69) is 4.74 Å². The molecule has 142 valence electrons. The Labute approximate surface area is 154 Å². The molecule has 8 nitrogen and oxygen atoms in total. The quantitative estimate of drug-likeness (QED) is 0.521. The summed E-state index contributed by atoms with van der Waals surface area (Å²) in [7, 11) is 2.88. The normalized spacial score (nSPS) is 10.9. The Balaban J connectivity index is 0.000000194. The van der Waals surface area contributed by atoms with Gasteiger partial charge in [-0.25, -0.2) is 9.59 Å². The lowest BCUT2D eigenvalue weighted by Gasteiger charge is -1.94. The first-order valence-corrected chi connectivity index (χ1v) is 7.69. The van der Waals surface area contributed by atoms with E-state index < -0.39 is 11.9 Å².